The third kappa shape index (κ3) is 4.71. The molecule has 40 heavy (non-hydrogen) atoms. The van der Waals surface area contributed by atoms with Crippen molar-refractivity contribution in [2.45, 2.75) is 126 Å². The maximum Gasteiger partial charge on any atom is 0.226 e. The van der Waals surface area contributed by atoms with Crippen LogP contribution in [0.2, 0.25) is 0 Å². The fourth-order valence-electron chi connectivity index (χ4n) is 10.0. The zero-order valence-electron chi connectivity index (χ0n) is 26.9. The smallest absolute Gasteiger partial charge is 0.226 e. The number of allylic oxidation sites excluding steroid dienone is 3. The summed E-state index contributed by atoms with van der Waals surface area (Å²) in [5.74, 6) is 0.754. The lowest BCUT2D eigenvalue weighted by Crippen LogP contribution is -2.63. The van der Waals surface area contributed by atoms with Crippen molar-refractivity contribution < 1.29 is 14.4 Å². The van der Waals surface area contributed by atoms with Gasteiger partial charge < -0.3 is 10.6 Å². The zero-order chi connectivity index (χ0) is 29.9. The Morgan fingerprint density at radius 2 is 1.70 bits per heavy atom. The van der Waals surface area contributed by atoms with Gasteiger partial charge in [-0.25, -0.2) is 0 Å². The number of amides is 2. The Morgan fingerprint density at radius 1 is 1.05 bits per heavy atom. The Hall–Kier alpha value is -1.91. The van der Waals surface area contributed by atoms with E-state index in [1.807, 2.05) is 26.8 Å². The molecule has 3 saturated carbocycles. The molecule has 0 spiro atoms. The largest absolute Gasteiger partial charge is 0.356 e. The molecule has 0 aromatic rings. The zero-order valence-corrected chi connectivity index (χ0v) is 26.9. The molecule has 224 valence electrons. The van der Waals surface area contributed by atoms with Gasteiger partial charge in [0.1, 0.15) is 0 Å². The van der Waals surface area contributed by atoms with E-state index in [0.29, 0.717) is 19.4 Å². The molecule has 4 aliphatic rings. The van der Waals surface area contributed by atoms with Gasteiger partial charge in [0.05, 0.1) is 0 Å². The van der Waals surface area contributed by atoms with Crippen LogP contribution in [0, 0.1) is 44.8 Å². The first-order chi connectivity index (χ1) is 18.5. The first-order valence-corrected chi connectivity index (χ1v) is 16.0. The highest BCUT2D eigenvalue weighted by atomic mass is 16.2. The van der Waals surface area contributed by atoms with Crippen molar-refractivity contribution in [3.63, 3.8) is 0 Å². The number of fused-ring (bicyclic) bond motifs is 5. The second kappa shape index (κ2) is 10.4. The second-order valence-corrected chi connectivity index (χ2v) is 15.7. The molecular weight excluding hydrogens is 496 g/mol. The molecule has 2 N–H and O–H groups in total. The predicted octanol–water partition coefficient (Wildman–Crippen LogP) is 7.16. The monoisotopic (exact) mass is 552 g/mol. The van der Waals surface area contributed by atoms with Gasteiger partial charge in [0.25, 0.3) is 0 Å². The SMILES string of the molecule is C=C(C)[C@@H]1CC[C@]2(C)[C@H](C(=O)C=C3[C@@H]4C[C@@](C)(C(=O)NC(C)C)CC[C@]4(C)CC[C@]32C)[C@@]1(C)CCC(=O)NCC. The van der Waals surface area contributed by atoms with Gasteiger partial charge in [-0.05, 0) is 119 Å². The van der Waals surface area contributed by atoms with Crippen molar-refractivity contribution in [1.82, 2.24) is 10.6 Å². The Balaban J connectivity index is 1.78. The molecular formula is C35H56N2O3. The quantitative estimate of drug-likeness (QED) is 0.329. The van der Waals surface area contributed by atoms with Gasteiger partial charge in [-0.3, -0.25) is 14.4 Å². The molecule has 4 rings (SSSR count). The number of ketones is 1. The third-order valence-corrected chi connectivity index (χ3v) is 12.7. The van der Waals surface area contributed by atoms with Gasteiger partial charge in [-0.15, -0.1) is 0 Å². The van der Waals surface area contributed by atoms with Crippen molar-refractivity contribution in [1.29, 1.82) is 0 Å². The van der Waals surface area contributed by atoms with Crippen molar-refractivity contribution in [3.05, 3.63) is 23.8 Å². The van der Waals surface area contributed by atoms with Crippen LogP contribution in [0.25, 0.3) is 0 Å². The van der Waals surface area contributed by atoms with Crippen LogP contribution in [0.1, 0.15) is 120 Å². The fourth-order valence-corrected chi connectivity index (χ4v) is 10.0. The first-order valence-electron chi connectivity index (χ1n) is 16.0. The normalized spacial score (nSPS) is 42.7. The number of hydrogen-bond donors (Lipinski definition) is 2. The van der Waals surface area contributed by atoms with Crippen LogP contribution >= 0.6 is 0 Å². The van der Waals surface area contributed by atoms with Gasteiger partial charge >= 0.3 is 0 Å². The summed E-state index contributed by atoms with van der Waals surface area (Å²) in [6.45, 7) is 24.7. The van der Waals surface area contributed by atoms with E-state index in [2.05, 4.69) is 58.8 Å². The minimum Gasteiger partial charge on any atom is -0.356 e. The van der Waals surface area contributed by atoms with Gasteiger partial charge in [0.15, 0.2) is 5.78 Å². The average molecular weight is 553 g/mol. The van der Waals surface area contributed by atoms with Gasteiger partial charge in [-0.1, -0.05) is 52.3 Å². The summed E-state index contributed by atoms with van der Waals surface area (Å²) in [5, 5.41) is 6.16. The van der Waals surface area contributed by atoms with Crippen LogP contribution in [-0.4, -0.2) is 30.2 Å². The molecule has 4 aliphatic carbocycles. The molecule has 0 saturated heterocycles. The van der Waals surface area contributed by atoms with Crippen LogP contribution in [0.15, 0.2) is 23.8 Å². The molecule has 0 bridgehead atoms. The molecule has 0 aliphatic heterocycles. The van der Waals surface area contributed by atoms with E-state index in [1.165, 1.54) is 5.57 Å². The summed E-state index contributed by atoms with van der Waals surface area (Å²) < 4.78 is 0. The summed E-state index contributed by atoms with van der Waals surface area (Å²) in [6, 6.07) is 0.116. The molecule has 0 radical (unpaired) electrons. The summed E-state index contributed by atoms with van der Waals surface area (Å²) in [4.78, 5) is 40.6. The summed E-state index contributed by atoms with van der Waals surface area (Å²) in [6.07, 6.45) is 10.1. The molecule has 8 atom stereocenters. The lowest BCUT2D eigenvalue weighted by Gasteiger charge is -2.68. The Bertz CT molecular complexity index is 1110. The fraction of sp³-hybridized carbons (Fsp3) is 0.800. The molecule has 0 unspecified atom stereocenters. The van der Waals surface area contributed by atoms with Crippen molar-refractivity contribution in [3.8, 4) is 0 Å². The van der Waals surface area contributed by atoms with Crippen LogP contribution in [0.4, 0.5) is 0 Å². The van der Waals surface area contributed by atoms with Crippen LogP contribution in [0.3, 0.4) is 0 Å². The minimum atomic E-state index is -0.424. The van der Waals surface area contributed by atoms with Gasteiger partial charge in [-0.2, -0.15) is 0 Å². The molecule has 5 heteroatoms. The topological polar surface area (TPSA) is 75.3 Å². The lowest BCUT2D eigenvalue weighted by molar-refractivity contribution is -0.164. The van der Waals surface area contributed by atoms with E-state index >= 15 is 0 Å². The Labute approximate surface area is 243 Å². The van der Waals surface area contributed by atoms with Gasteiger partial charge in [0, 0.05) is 30.3 Å². The molecule has 2 amide bonds. The number of carbonyl (C=O) groups is 3. The number of nitrogens with one attached hydrogen (secondary N) is 2. The first kappa shape index (κ1) is 31.0. The molecule has 5 nitrogen and oxygen atoms in total. The highest BCUT2D eigenvalue weighted by Gasteiger charge is 2.68. The maximum absolute atomic E-state index is 14.5. The van der Waals surface area contributed by atoms with Crippen molar-refractivity contribution >= 4 is 17.6 Å². The van der Waals surface area contributed by atoms with E-state index in [9.17, 15) is 14.4 Å². The van der Waals surface area contributed by atoms with E-state index in [0.717, 1.165) is 50.5 Å². The molecule has 0 heterocycles. The molecule has 0 aromatic carbocycles. The average Bonchev–Trinajstić information content (AvgIpc) is 2.85. The minimum absolute atomic E-state index is 0.0665. The van der Waals surface area contributed by atoms with E-state index < -0.39 is 5.41 Å². The highest BCUT2D eigenvalue weighted by molar-refractivity contribution is 5.96. The van der Waals surface area contributed by atoms with E-state index in [4.69, 9.17) is 0 Å². The van der Waals surface area contributed by atoms with Crippen LogP contribution < -0.4 is 10.6 Å². The third-order valence-electron chi connectivity index (χ3n) is 12.7. The van der Waals surface area contributed by atoms with Crippen molar-refractivity contribution in [2.75, 3.05) is 6.54 Å². The van der Waals surface area contributed by atoms with Crippen LogP contribution in [0.5, 0.6) is 0 Å². The van der Waals surface area contributed by atoms with Gasteiger partial charge in [0.2, 0.25) is 11.8 Å². The number of carbonyl (C=O) groups excluding carboxylic acids is 3. The molecule has 3 fully saturated rings. The Morgan fingerprint density at radius 3 is 2.30 bits per heavy atom. The highest BCUT2D eigenvalue weighted by Crippen LogP contribution is 2.73. The molecule has 0 aromatic heterocycles. The van der Waals surface area contributed by atoms with Crippen LogP contribution in [-0.2, 0) is 14.4 Å². The predicted molar refractivity (Wildman–Crippen MR) is 162 cm³/mol. The Kier molecular flexibility index (Phi) is 8.08. The summed E-state index contributed by atoms with van der Waals surface area (Å²) in [5.41, 5.74) is 1.49. The van der Waals surface area contributed by atoms with E-state index in [1.54, 1.807) is 0 Å². The second-order valence-electron chi connectivity index (χ2n) is 15.7. The van der Waals surface area contributed by atoms with E-state index in [-0.39, 0.29) is 63.1 Å². The lowest BCUT2D eigenvalue weighted by atomic mass is 9.35. The number of rotatable bonds is 7. The summed E-state index contributed by atoms with van der Waals surface area (Å²) >= 11 is 0. The van der Waals surface area contributed by atoms with Crippen molar-refractivity contribution in [2.24, 2.45) is 44.8 Å². The number of hydrogen-bond acceptors (Lipinski definition) is 3. The summed E-state index contributed by atoms with van der Waals surface area (Å²) in [7, 11) is 0. The standard InChI is InChI=1S/C35H56N2O3/c1-11-36-28(39)13-14-33(8)24(22(2)3)12-15-35(10)29(33)27(38)20-25-26-21-32(7,30(40)37-23(4)5)17-16-31(26,6)18-19-34(25,35)9/h20,23-24,26,29H,2,11-19,21H2,1,3-10H3,(H,36,39)(H,37,40)/t24-,26-,29+,31+,32-,33-,34+,35+/m0/s1. The maximum atomic E-state index is 14.5.